The van der Waals surface area contributed by atoms with Crippen LogP contribution in [0.4, 0.5) is 11.9 Å². The molecule has 1 aromatic heterocycles. The number of rotatable bonds is 3. The molecule has 14 heavy (non-hydrogen) atoms. The van der Waals surface area contributed by atoms with Crippen LogP contribution in [0, 0.1) is 0 Å². The highest BCUT2D eigenvalue weighted by atomic mass is 15.3. The highest BCUT2D eigenvalue weighted by molar-refractivity contribution is 5.36. The molecule has 0 unspecified atom stereocenters. The lowest BCUT2D eigenvalue weighted by Crippen LogP contribution is -2.38. The summed E-state index contributed by atoms with van der Waals surface area (Å²) in [6, 6.07) is 0. The summed E-state index contributed by atoms with van der Waals surface area (Å²) >= 11 is 0. The summed E-state index contributed by atoms with van der Waals surface area (Å²) < 4.78 is 0. The first-order valence-electron chi connectivity index (χ1n) is 5.05. The molecule has 0 atom stereocenters. The van der Waals surface area contributed by atoms with Gasteiger partial charge in [0.2, 0.25) is 11.9 Å². The van der Waals surface area contributed by atoms with E-state index in [0.29, 0.717) is 5.95 Å². The standard InChI is InChI=1S/C9H15N5/c1-2-4-7-11-8(10)13-9(12-7)14-5-3-6-14/h2-6H2,1H3,(H2,10,11,12,13). The Labute approximate surface area is 83.4 Å². The molecule has 5 nitrogen and oxygen atoms in total. The van der Waals surface area contributed by atoms with Crippen LogP contribution in [-0.4, -0.2) is 28.0 Å². The second kappa shape index (κ2) is 3.77. The summed E-state index contributed by atoms with van der Waals surface area (Å²) in [5.74, 6) is 1.89. The van der Waals surface area contributed by atoms with Gasteiger partial charge in [0.05, 0.1) is 0 Å². The first kappa shape index (κ1) is 9.18. The Hall–Kier alpha value is -1.39. The maximum atomic E-state index is 5.62. The van der Waals surface area contributed by atoms with Crippen molar-refractivity contribution in [2.45, 2.75) is 26.2 Å². The molecule has 0 spiro atoms. The van der Waals surface area contributed by atoms with E-state index in [-0.39, 0.29) is 0 Å². The van der Waals surface area contributed by atoms with Crippen molar-refractivity contribution in [2.75, 3.05) is 23.7 Å². The van der Waals surface area contributed by atoms with E-state index >= 15 is 0 Å². The Bertz CT molecular complexity index is 321. The minimum Gasteiger partial charge on any atom is -0.368 e. The highest BCUT2D eigenvalue weighted by Crippen LogP contribution is 2.16. The van der Waals surface area contributed by atoms with Gasteiger partial charge in [-0.15, -0.1) is 0 Å². The summed E-state index contributed by atoms with van der Waals surface area (Å²) in [7, 11) is 0. The molecule has 0 saturated carbocycles. The van der Waals surface area contributed by atoms with E-state index in [9.17, 15) is 0 Å². The monoisotopic (exact) mass is 193 g/mol. The van der Waals surface area contributed by atoms with Crippen molar-refractivity contribution in [1.29, 1.82) is 0 Å². The fourth-order valence-electron chi connectivity index (χ4n) is 1.42. The summed E-state index contributed by atoms with van der Waals surface area (Å²) in [5.41, 5.74) is 5.62. The summed E-state index contributed by atoms with van der Waals surface area (Å²) in [5, 5.41) is 0. The van der Waals surface area contributed by atoms with Gasteiger partial charge in [0.25, 0.3) is 0 Å². The predicted molar refractivity (Wildman–Crippen MR) is 55.1 cm³/mol. The third-order valence-corrected chi connectivity index (χ3v) is 2.30. The van der Waals surface area contributed by atoms with Crippen LogP contribution in [0.15, 0.2) is 0 Å². The van der Waals surface area contributed by atoms with E-state index < -0.39 is 0 Å². The SMILES string of the molecule is CCCc1nc(N)nc(N2CCC2)n1. The van der Waals surface area contributed by atoms with Crippen molar-refractivity contribution in [1.82, 2.24) is 15.0 Å². The molecule has 2 rings (SSSR count). The molecule has 0 amide bonds. The minimum absolute atomic E-state index is 0.338. The largest absolute Gasteiger partial charge is 0.368 e. The number of anilines is 2. The molecule has 0 aliphatic carbocycles. The quantitative estimate of drug-likeness (QED) is 0.762. The van der Waals surface area contributed by atoms with E-state index in [1.165, 1.54) is 6.42 Å². The van der Waals surface area contributed by atoms with Gasteiger partial charge in [-0.05, 0) is 12.8 Å². The second-order valence-electron chi connectivity index (χ2n) is 3.50. The normalized spacial score (nSPS) is 15.4. The Morgan fingerprint density at radius 1 is 1.29 bits per heavy atom. The van der Waals surface area contributed by atoms with Crippen LogP contribution in [0.1, 0.15) is 25.6 Å². The molecule has 1 aliphatic rings. The first-order valence-corrected chi connectivity index (χ1v) is 5.05. The molecule has 1 saturated heterocycles. The number of nitrogens with zero attached hydrogens (tertiary/aromatic N) is 4. The zero-order chi connectivity index (χ0) is 9.97. The van der Waals surface area contributed by atoms with Crippen molar-refractivity contribution in [3.05, 3.63) is 5.82 Å². The van der Waals surface area contributed by atoms with E-state index in [0.717, 1.165) is 37.7 Å². The zero-order valence-corrected chi connectivity index (χ0v) is 8.40. The molecule has 1 aliphatic heterocycles. The van der Waals surface area contributed by atoms with Gasteiger partial charge in [0, 0.05) is 19.5 Å². The van der Waals surface area contributed by atoms with Crippen LogP contribution in [0.3, 0.4) is 0 Å². The Balaban J connectivity index is 2.21. The molecule has 0 bridgehead atoms. The van der Waals surface area contributed by atoms with E-state index in [1.807, 2.05) is 0 Å². The average Bonchev–Trinajstić information content (AvgIpc) is 1.99. The summed E-state index contributed by atoms with van der Waals surface area (Å²) in [6.45, 7) is 4.17. The number of nitrogens with two attached hydrogens (primary N) is 1. The van der Waals surface area contributed by atoms with Crippen LogP contribution in [0.5, 0.6) is 0 Å². The van der Waals surface area contributed by atoms with Gasteiger partial charge >= 0.3 is 0 Å². The summed E-state index contributed by atoms with van der Waals surface area (Å²) in [4.78, 5) is 14.7. The molecule has 0 aromatic carbocycles. The molecule has 5 heteroatoms. The Morgan fingerprint density at radius 2 is 2.07 bits per heavy atom. The van der Waals surface area contributed by atoms with Gasteiger partial charge in [-0.2, -0.15) is 15.0 Å². The van der Waals surface area contributed by atoms with Crippen LogP contribution >= 0.6 is 0 Å². The lowest BCUT2D eigenvalue weighted by atomic mass is 10.2. The lowest BCUT2D eigenvalue weighted by Gasteiger charge is -2.30. The molecule has 1 fully saturated rings. The third kappa shape index (κ3) is 1.76. The van der Waals surface area contributed by atoms with E-state index in [1.54, 1.807) is 0 Å². The molecular formula is C9H15N5. The second-order valence-corrected chi connectivity index (χ2v) is 3.50. The van der Waals surface area contributed by atoms with Crippen molar-refractivity contribution >= 4 is 11.9 Å². The molecule has 76 valence electrons. The van der Waals surface area contributed by atoms with Gasteiger partial charge < -0.3 is 10.6 Å². The number of nitrogen functional groups attached to an aromatic ring is 1. The number of aromatic nitrogens is 3. The van der Waals surface area contributed by atoms with Crippen LogP contribution in [0.2, 0.25) is 0 Å². The van der Waals surface area contributed by atoms with Gasteiger partial charge in [0.1, 0.15) is 5.82 Å². The zero-order valence-electron chi connectivity index (χ0n) is 8.40. The topological polar surface area (TPSA) is 67.9 Å². The lowest BCUT2D eigenvalue weighted by molar-refractivity contribution is 0.595. The van der Waals surface area contributed by atoms with Crippen LogP contribution < -0.4 is 10.6 Å². The van der Waals surface area contributed by atoms with E-state index in [2.05, 4.69) is 26.8 Å². The van der Waals surface area contributed by atoms with Crippen LogP contribution in [-0.2, 0) is 6.42 Å². The summed E-state index contributed by atoms with van der Waals surface area (Å²) in [6.07, 6.45) is 3.12. The van der Waals surface area contributed by atoms with Crippen molar-refractivity contribution in [3.8, 4) is 0 Å². The highest BCUT2D eigenvalue weighted by Gasteiger charge is 2.18. The Kier molecular flexibility index (Phi) is 2.47. The molecule has 2 N–H and O–H groups in total. The average molecular weight is 193 g/mol. The minimum atomic E-state index is 0.338. The molecular weight excluding hydrogens is 178 g/mol. The third-order valence-electron chi connectivity index (χ3n) is 2.30. The van der Waals surface area contributed by atoms with Gasteiger partial charge in [-0.1, -0.05) is 6.92 Å². The van der Waals surface area contributed by atoms with Crippen LogP contribution in [0.25, 0.3) is 0 Å². The van der Waals surface area contributed by atoms with Gasteiger partial charge in [-0.25, -0.2) is 0 Å². The van der Waals surface area contributed by atoms with Crippen molar-refractivity contribution in [2.24, 2.45) is 0 Å². The van der Waals surface area contributed by atoms with E-state index in [4.69, 9.17) is 5.73 Å². The predicted octanol–water partition coefficient (Wildman–Crippen LogP) is 0.616. The number of hydrogen-bond acceptors (Lipinski definition) is 5. The fraction of sp³-hybridized carbons (Fsp3) is 0.667. The first-order chi connectivity index (χ1) is 6.79. The van der Waals surface area contributed by atoms with Gasteiger partial charge in [0.15, 0.2) is 0 Å². The maximum Gasteiger partial charge on any atom is 0.230 e. The molecule has 0 radical (unpaired) electrons. The molecule has 2 heterocycles. The van der Waals surface area contributed by atoms with Crippen molar-refractivity contribution < 1.29 is 0 Å². The van der Waals surface area contributed by atoms with Crippen molar-refractivity contribution in [3.63, 3.8) is 0 Å². The van der Waals surface area contributed by atoms with Gasteiger partial charge in [-0.3, -0.25) is 0 Å². The Morgan fingerprint density at radius 3 is 2.64 bits per heavy atom. The smallest absolute Gasteiger partial charge is 0.230 e. The number of aryl methyl sites for hydroxylation is 1. The molecule has 1 aromatic rings. The number of hydrogen-bond donors (Lipinski definition) is 1. The maximum absolute atomic E-state index is 5.62. The fourth-order valence-corrected chi connectivity index (χ4v) is 1.42.